The number of aromatic hydroxyl groups is 1. The molecule has 5 atom stereocenters. The molecule has 6 nitrogen and oxygen atoms in total. The Labute approximate surface area is 176 Å². The average molecular weight is 414 g/mol. The number of benzene rings is 1. The fourth-order valence-electron chi connectivity index (χ4n) is 6.27. The largest absolute Gasteiger partial charge is 0.507 e. The second kappa shape index (κ2) is 6.84. The van der Waals surface area contributed by atoms with Crippen LogP contribution in [0.3, 0.4) is 0 Å². The third-order valence-electron chi connectivity index (χ3n) is 7.58. The molecule has 3 aliphatic carbocycles. The summed E-state index contributed by atoms with van der Waals surface area (Å²) in [6.45, 7) is 8.23. The lowest BCUT2D eigenvalue weighted by Crippen LogP contribution is -2.56. The van der Waals surface area contributed by atoms with Gasteiger partial charge in [-0.2, -0.15) is 0 Å². The predicted molar refractivity (Wildman–Crippen MR) is 110 cm³/mol. The first kappa shape index (κ1) is 20.9. The molecule has 0 amide bonds. The maximum Gasteiger partial charge on any atom is 0.342 e. The van der Waals surface area contributed by atoms with Gasteiger partial charge in [0.15, 0.2) is 0 Å². The fourth-order valence-corrected chi connectivity index (χ4v) is 6.27. The minimum absolute atomic E-state index is 0.0541. The van der Waals surface area contributed by atoms with Gasteiger partial charge in [-0.1, -0.05) is 20.8 Å². The Morgan fingerprint density at radius 3 is 2.50 bits per heavy atom. The van der Waals surface area contributed by atoms with Gasteiger partial charge in [-0.05, 0) is 66.1 Å². The van der Waals surface area contributed by atoms with Crippen LogP contribution in [0.1, 0.15) is 56.0 Å². The van der Waals surface area contributed by atoms with E-state index in [0.29, 0.717) is 23.3 Å². The summed E-state index contributed by atoms with van der Waals surface area (Å²) in [7, 11) is 1.49. The van der Waals surface area contributed by atoms with Crippen LogP contribution in [0.25, 0.3) is 0 Å². The Bertz CT molecular complexity index is 922. The third-order valence-corrected chi connectivity index (χ3v) is 7.58. The number of phenols is 1. The van der Waals surface area contributed by atoms with Crippen molar-refractivity contribution in [2.24, 2.45) is 22.7 Å². The highest BCUT2D eigenvalue weighted by atomic mass is 16.5. The first-order chi connectivity index (χ1) is 14.0. The van der Waals surface area contributed by atoms with Crippen LogP contribution in [0.5, 0.6) is 11.5 Å². The fraction of sp³-hybridized carbons (Fsp3) is 0.583. The maximum atomic E-state index is 12.9. The van der Waals surface area contributed by atoms with E-state index < -0.39 is 18.2 Å². The molecule has 0 aromatic heterocycles. The molecule has 30 heavy (non-hydrogen) atoms. The average Bonchev–Trinajstić information content (AvgIpc) is 2.99. The molecule has 162 valence electrons. The van der Waals surface area contributed by atoms with Crippen molar-refractivity contribution >= 4 is 12.3 Å². The van der Waals surface area contributed by atoms with Crippen LogP contribution >= 0.6 is 0 Å². The SMILES string of the molecule is COc1cc(C)c(C(=O)O[C@@H]2C[C@@]3(C)C2=C(C=O)[C@@H](O)C2CC(C)(C)CC23)c(O)c1. The Morgan fingerprint density at radius 2 is 1.90 bits per heavy atom. The number of aliphatic hydroxyl groups is 1. The van der Waals surface area contributed by atoms with E-state index in [1.165, 1.54) is 13.2 Å². The van der Waals surface area contributed by atoms with E-state index in [1.54, 1.807) is 13.0 Å². The summed E-state index contributed by atoms with van der Waals surface area (Å²) >= 11 is 0. The molecule has 3 aliphatic rings. The molecule has 0 bridgehead atoms. The smallest absolute Gasteiger partial charge is 0.342 e. The first-order valence-electron chi connectivity index (χ1n) is 10.5. The molecule has 1 aromatic rings. The predicted octanol–water partition coefficient (Wildman–Crippen LogP) is 3.57. The van der Waals surface area contributed by atoms with Crippen molar-refractivity contribution in [1.29, 1.82) is 0 Å². The van der Waals surface area contributed by atoms with Crippen molar-refractivity contribution in [3.8, 4) is 11.5 Å². The van der Waals surface area contributed by atoms with Gasteiger partial charge in [-0.15, -0.1) is 0 Å². The summed E-state index contributed by atoms with van der Waals surface area (Å²) in [6, 6.07) is 3.03. The van der Waals surface area contributed by atoms with Gasteiger partial charge in [-0.3, -0.25) is 4.79 Å². The van der Waals surface area contributed by atoms with Gasteiger partial charge in [0.1, 0.15) is 29.5 Å². The minimum atomic E-state index is -0.824. The summed E-state index contributed by atoms with van der Waals surface area (Å²) in [5, 5.41) is 21.2. The zero-order valence-corrected chi connectivity index (χ0v) is 18.2. The molecular formula is C24H30O6. The molecule has 2 fully saturated rings. The first-order valence-corrected chi connectivity index (χ1v) is 10.5. The Hall–Kier alpha value is -2.34. The topological polar surface area (TPSA) is 93.1 Å². The molecule has 4 rings (SSSR count). The molecule has 6 heteroatoms. The highest BCUT2D eigenvalue weighted by molar-refractivity contribution is 5.95. The van der Waals surface area contributed by atoms with Gasteiger partial charge in [-0.25, -0.2) is 4.79 Å². The number of hydrogen-bond donors (Lipinski definition) is 2. The van der Waals surface area contributed by atoms with Gasteiger partial charge in [0.25, 0.3) is 0 Å². The third kappa shape index (κ3) is 2.96. The Morgan fingerprint density at radius 1 is 1.20 bits per heavy atom. The molecule has 2 N–H and O–H groups in total. The second-order valence-corrected chi connectivity index (χ2v) is 10.1. The van der Waals surface area contributed by atoms with Crippen molar-refractivity contribution < 1.29 is 29.3 Å². The summed E-state index contributed by atoms with van der Waals surface area (Å²) in [5.41, 5.74) is 1.62. The van der Waals surface area contributed by atoms with E-state index in [0.717, 1.165) is 24.7 Å². The number of hydrogen-bond acceptors (Lipinski definition) is 6. The van der Waals surface area contributed by atoms with Crippen molar-refractivity contribution in [3.63, 3.8) is 0 Å². The number of rotatable bonds is 4. The van der Waals surface area contributed by atoms with Crippen molar-refractivity contribution in [1.82, 2.24) is 0 Å². The molecule has 0 spiro atoms. The van der Waals surface area contributed by atoms with Crippen LogP contribution in [0.4, 0.5) is 0 Å². The van der Waals surface area contributed by atoms with E-state index >= 15 is 0 Å². The minimum Gasteiger partial charge on any atom is -0.507 e. The van der Waals surface area contributed by atoms with Crippen molar-refractivity contribution in [2.75, 3.05) is 7.11 Å². The number of phenolic OH excluding ortho intramolecular Hbond substituents is 1. The van der Waals surface area contributed by atoms with Crippen LogP contribution in [-0.4, -0.2) is 41.8 Å². The second-order valence-electron chi connectivity index (χ2n) is 10.1. The number of carbonyl (C=O) groups excluding carboxylic acids is 2. The summed E-state index contributed by atoms with van der Waals surface area (Å²) < 4.78 is 10.9. The lowest BCUT2D eigenvalue weighted by Gasteiger charge is -2.57. The van der Waals surface area contributed by atoms with Gasteiger partial charge in [0.05, 0.1) is 13.2 Å². The highest BCUT2D eigenvalue weighted by Gasteiger charge is 2.63. The van der Waals surface area contributed by atoms with E-state index in [2.05, 4.69) is 20.8 Å². The summed E-state index contributed by atoms with van der Waals surface area (Å²) in [6.07, 6.45) is 1.81. The van der Waals surface area contributed by atoms with Crippen LogP contribution in [0, 0.1) is 29.6 Å². The summed E-state index contributed by atoms with van der Waals surface area (Å²) in [5.74, 6) is -0.0783. The van der Waals surface area contributed by atoms with Crippen molar-refractivity contribution in [3.05, 3.63) is 34.4 Å². The Kier molecular flexibility index (Phi) is 4.77. The lowest BCUT2D eigenvalue weighted by atomic mass is 9.49. The zero-order valence-electron chi connectivity index (χ0n) is 18.2. The van der Waals surface area contributed by atoms with E-state index in [1.807, 2.05) is 0 Å². The molecular weight excluding hydrogens is 384 g/mol. The number of aldehydes is 1. The molecule has 2 unspecified atom stereocenters. The highest BCUT2D eigenvalue weighted by Crippen LogP contribution is 2.66. The lowest BCUT2D eigenvalue weighted by molar-refractivity contribution is -0.109. The monoisotopic (exact) mass is 414 g/mol. The summed E-state index contributed by atoms with van der Waals surface area (Å²) in [4.78, 5) is 24.8. The molecule has 1 aromatic carbocycles. The molecule has 0 heterocycles. The van der Waals surface area contributed by atoms with Crippen molar-refractivity contribution in [2.45, 2.75) is 59.2 Å². The molecule has 0 saturated heterocycles. The number of methoxy groups -OCH3 is 1. The molecule has 0 radical (unpaired) electrons. The zero-order chi connectivity index (χ0) is 22.0. The number of ether oxygens (including phenoxy) is 2. The standard InChI is InChI=1S/C24H30O6/c1-12-6-13(29-5)7-17(26)19(12)22(28)30-18-10-24(4)16-9-23(2,3)8-14(16)21(27)15(11-25)20(18)24/h6-7,11,14,16,18,21,26-27H,8-10H2,1-5H3/t14?,16?,18-,21+,24-/m1/s1. The Balaban J connectivity index is 1.64. The number of fused-ring (bicyclic) bond motifs is 3. The van der Waals surface area contributed by atoms with Gasteiger partial charge < -0.3 is 19.7 Å². The van der Waals surface area contributed by atoms with Crippen LogP contribution in [-0.2, 0) is 9.53 Å². The maximum absolute atomic E-state index is 12.9. The van der Waals surface area contributed by atoms with Gasteiger partial charge in [0.2, 0.25) is 0 Å². The number of carbonyl (C=O) groups is 2. The molecule has 0 aliphatic heterocycles. The molecule has 2 saturated carbocycles. The van der Waals surface area contributed by atoms with E-state index in [-0.39, 0.29) is 34.0 Å². The quantitative estimate of drug-likeness (QED) is 0.578. The normalized spacial score (nSPS) is 33.9. The number of aliphatic hydroxyl groups excluding tert-OH is 1. The van der Waals surface area contributed by atoms with Crippen LogP contribution in [0.15, 0.2) is 23.3 Å². The number of aryl methyl sites for hydroxylation is 1. The van der Waals surface area contributed by atoms with Crippen LogP contribution < -0.4 is 4.74 Å². The van der Waals surface area contributed by atoms with Gasteiger partial charge >= 0.3 is 5.97 Å². The van der Waals surface area contributed by atoms with E-state index in [4.69, 9.17) is 9.47 Å². The van der Waals surface area contributed by atoms with Crippen LogP contribution in [0.2, 0.25) is 0 Å². The van der Waals surface area contributed by atoms with E-state index in [9.17, 15) is 19.8 Å². The van der Waals surface area contributed by atoms with Gasteiger partial charge in [0, 0.05) is 11.6 Å². The number of esters is 1.